The van der Waals surface area contributed by atoms with E-state index in [0.29, 0.717) is 17.8 Å². The average molecular weight is 279 g/mol. The van der Waals surface area contributed by atoms with Gasteiger partial charge in [-0.05, 0) is 23.7 Å². The Kier molecular flexibility index (Phi) is 3.86. The third-order valence-corrected chi connectivity index (χ3v) is 3.27. The van der Waals surface area contributed by atoms with Crippen molar-refractivity contribution in [2.75, 3.05) is 0 Å². The molecule has 0 atom stereocenters. The van der Waals surface area contributed by atoms with E-state index >= 15 is 0 Å². The first-order chi connectivity index (χ1) is 10.2. The van der Waals surface area contributed by atoms with Crippen LogP contribution in [0.1, 0.15) is 5.56 Å². The second-order valence-corrected chi connectivity index (χ2v) is 4.73. The van der Waals surface area contributed by atoms with Crippen LogP contribution in [0.15, 0.2) is 60.8 Å². The monoisotopic (exact) mass is 279 g/mol. The zero-order valence-corrected chi connectivity index (χ0v) is 11.3. The molecular formula is C16H14BNO3. The molecule has 0 radical (unpaired) electrons. The van der Waals surface area contributed by atoms with Gasteiger partial charge in [-0.2, -0.15) is 0 Å². The highest BCUT2D eigenvalue weighted by molar-refractivity contribution is 6.58. The summed E-state index contributed by atoms with van der Waals surface area (Å²) < 4.78 is 5.73. The van der Waals surface area contributed by atoms with Gasteiger partial charge in [0.25, 0.3) is 0 Å². The van der Waals surface area contributed by atoms with Crippen molar-refractivity contribution >= 4 is 23.5 Å². The van der Waals surface area contributed by atoms with Crippen LogP contribution in [0.3, 0.4) is 0 Å². The Morgan fingerprint density at radius 3 is 2.67 bits per heavy atom. The first kappa shape index (κ1) is 13.6. The van der Waals surface area contributed by atoms with Crippen molar-refractivity contribution in [1.82, 2.24) is 4.98 Å². The Morgan fingerprint density at radius 1 is 1.00 bits per heavy atom. The maximum Gasteiger partial charge on any atom is 0.488 e. The SMILES string of the molecule is OB(O)c1cccc(OCc2cccc3cccnc23)c1. The fourth-order valence-corrected chi connectivity index (χ4v) is 2.21. The molecule has 1 aromatic heterocycles. The lowest BCUT2D eigenvalue weighted by atomic mass is 9.80. The number of hydrogen-bond donors (Lipinski definition) is 2. The summed E-state index contributed by atoms with van der Waals surface area (Å²) >= 11 is 0. The maximum atomic E-state index is 9.16. The van der Waals surface area contributed by atoms with Crippen LogP contribution in [-0.4, -0.2) is 22.2 Å². The number of nitrogens with zero attached hydrogens (tertiary/aromatic N) is 1. The predicted octanol–water partition coefficient (Wildman–Crippen LogP) is 1.49. The van der Waals surface area contributed by atoms with Crippen molar-refractivity contribution in [2.45, 2.75) is 6.61 Å². The molecule has 0 amide bonds. The average Bonchev–Trinajstić information content (AvgIpc) is 2.53. The van der Waals surface area contributed by atoms with Crippen molar-refractivity contribution < 1.29 is 14.8 Å². The first-order valence-corrected chi connectivity index (χ1v) is 6.65. The summed E-state index contributed by atoms with van der Waals surface area (Å²) in [6, 6.07) is 16.6. The number of rotatable bonds is 4. The summed E-state index contributed by atoms with van der Waals surface area (Å²) in [6.07, 6.45) is 1.76. The van der Waals surface area contributed by atoms with E-state index in [2.05, 4.69) is 4.98 Å². The molecule has 0 aliphatic carbocycles. The van der Waals surface area contributed by atoms with Crippen LogP contribution >= 0.6 is 0 Å². The number of aromatic nitrogens is 1. The third-order valence-electron chi connectivity index (χ3n) is 3.27. The highest BCUT2D eigenvalue weighted by Crippen LogP contribution is 2.18. The molecule has 0 saturated carbocycles. The molecule has 21 heavy (non-hydrogen) atoms. The lowest BCUT2D eigenvalue weighted by Crippen LogP contribution is -2.29. The Labute approximate surface area is 122 Å². The quantitative estimate of drug-likeness (QED) is 0.710. The molecule has 0 aliphatic heterocycles. The van der Waals surface area contributed by atoms with Crippen molar-refractivity contribution in [3.63, 3.8) is 0 Å². The molecule has 0 saturated heterocycles. The van der Waals surface area contributed by atoms with E-state index in [1.165, 1.54) is 0 Å². The van der Waals surface area contributed by atoms with Crippen molar-refractivity contribution in [1.29, 1.82) is 0 Å². The number of hydrogen-bond acceptors (Lipinski definition) is 4. The van der Waals surface area contributed by atoms with E-state index in [1.54, 1.807) is 30.5 Å². The van der Waals surface area contributed by atoms with Crippen LogP contribution in [0.2, 0.25) is 0 Å². The van der Waals surface area contributed by atoms with E-state index in [1.807, 2.05) is 30.3 Å². The maximum absolute atomic E-state index is 9.16. The second kappa shape index (κ2) is 5.95. The second-order valence-electron chi connectivity index (χ2n) is 4.73. The molecule has 0 bridgehead atoms. The van der Waals surface area contributed by atoms with Gasteiger partial charge in [-0.15, -0.1) is 0 Å². The van der Waals surface area contributed by atoms with Gasteiger partial charge in [0.15, 0.2) is 0 Å². The highest BCUT2D eigenvalue weighted by atomic mass is 16.5. The first-order valence-electron chi connectivity index (χ1n) is 6.65. The Morgan fingerprint density at radius 2 is 1.81 bits per heavy atom. The van der Waals surface area contributed by atoms with Crippen molar-refractivity contribution in [3.05, 3.63) is 66.4 Å². The van der Waals surface area contributed by atoms with Crippen LogP contribution in [0, 0.1) is 0 Å². The minimum absolute atomic E-state index is 0.374. The lowest BCUT2D eigenvalue weighted by molar-refractivity contribution is 0.307. The van der Waals surface area contributed by atoms with Crippen molar-refractivity contribution in [2.24, 2.45) is 0 Å². The molecule has 1 heterocycles. The molecular weight excluding hydrogens is 265 g/mol. The van der Waals surface area contributed by atoms with E-state index in [-0.39, 0.29) is 0 Å². The van der Waals surface area contributed by atoms with Gasteiger partial charge in [-0.25, -0.2) is 0 Å². The smallest absolute Gasteiger partial charge is 0.488 e. The molecule has 0 aliphatic rings. The number of pyridine rings is 1. The molecule has 4 nitrogen and oxygen atoms in total. The summed E-state index contributed by atoms with van der Waals surface area (Å²) in [5.41, 5.74) is 2.31. The van der Waals surface area contributed by atoms with Crippen LogP contribution < -0.4 is 10.2 Å². The fraction of sp³-hybridized carbons (Fsp3) is 0.0625. The van der Waals surface area contributed by atoms with E-state index in [0.717, 1.165) is 16.5 Å². The molecule has 0 fully saturated rings. The molecule has 2 aromatic carbocycles. The fourth-order valence-electron chi connectivity index (χ4n) is 2.21. The van der Waals surface area contributed by atoms with E-state index < -0.39 is 7.12 Å². The van der Waals surface area contributed by atoms with Gasteiger partial charge in [0, 0.05) is 17.1 Å². The van der Waals surface area contributed by atoms with Crippen LogP contribution in [0.25, 0.3) is 10.9 Å². The van der Waals surface area contributed by atoms with Gasteiger partial charge in [0.1, 0.15) is 12.4 Å². The molecule has 104 valence electrons. The number of para-hydroxylation sites is 1. The minimum Gasteiger partial charge on any atom is -0.489 e. The zero-order valence-electron chi connectivity index (χ0n) is 11.3. The van der Waals surface area contributed by atoms with Crippen LogP contribution in [0.5, 0.6) is 5.75 Å². The van der Waals surface area contributed by atoms with Crippen LogP contribution in [0.4, 0.5) is 0 Å². The summed E-state index contributed by atoms with van der Waals surface area (Å²) in [5, 5.41) is 19.4. The number of benzene rings is 2. The largest absolute Gasteiger partial charge is 0.489 e. The standard InChI is InChI=1S/C16H14BNO3/c19-17(20)14-7-2-8-15(10-14)21-11-13-5-1-4-12-6-3-9-18-16(12)13/h1-10,19-20H,11H2. The topological polar surface area (TPSA) is 62.6 Å². The van der Waals surface area contributed by atoms with E-state index in [4.69, 9.17) is 14.8 Å². The van der Waals surface area contributed by atoms with Crippen LogP contribution in [-0.2, 0) is 6.61 Å². The minimum atomic E-state index is -1.49. The van der Waals surface area contributed by atoms with Gasteiger partial charge in [0.2, 0.25) is 0 Å². The Balaban J connectivity index is 1.82. The summed E-state index contributed by atoms with van der Waals surface area (Å²) in [4.78, 5) is 4.38. The summed E-state index contributed by atoms with van der Waals surface area (Å²) in [6.45, 7) is 0.374. The normalized spacial score (nSPS) is 10.6. The zero-order chi connectivity index (χ0) is 14.7. The van der Waals surface area contributed by atoms with Gasteiger partial charge >= 0.3 is 7.12 Å². The predicted molar refractivity (Wildman–Crippen MR) is 82.3 cm³/mol. The lowest BCUT2D eigenvalue weighted by Gasteiger charge is -2.09. The molecule has 0 spiro atoms. The van der Waals surface area contributed by atoms with Gasteiger partial charge < -0.3 is 14.8 Å². The van der Waals surface area contributed by atoms with Gasteiger partial charge in [-0.1, -0.05) is 36.4 Å². The van der Waals surface area contributed by atoms with E-state index in [9.17, 15) is 0 Å². The molecule has 3 aromatic rings. The van der Waals surface area contributed by atoms with Crippen molar-refractivity contribution in [3.8, 4) is 5.75 Å². The summed E-state index contributed by atoms with van der Waals surface area (Å²) in [5.74, 6) is 0.591. The van der Waals surface area contributed by atoms with Gasteiger partial charge in [0.05, 0.1) is 5.52 Å². The number of fused-ring (bicyclic) bond motifs is 1. The third kappa shape index (κ3) is 3.04. The van der Waals surface area contributed by atoms with Gasteiger partial charge in [-0.3, -0.25) is 4.98 Å². The molecule has 2 N–H and O–H groups in total. The molecule has 0 unspecified atom stereocenters. The molecule has 5 heteroatoms. The number of ether oxygens (including phenoxy) is 1. The summed E-state index contributed by atoms with van der Waals surface area (Å²) in [7, 11) is -1.49. The molecule has 3 rings (SSSR count). The Bertz CT molecular complexity index is 756. The highest BCUT2D eigenvalue weighted by Gasteiger charge is 2.11. The Hall–Kier alpha value is -2.37.